The van der Waals surface area contributed by atoms with E-state index in [1.165, 1.54) is 31.0 Å². The van der Waals surface area contributed by atoms with Crippen LogP contribution in [-0.2, 0) is 0 Å². The number of amides is 1. The van der Waals surface area contributed by atoms with Crippen molar-refractivity contribution >= 4 is 23.4 Å². The molecule has 6 nitrogen and oxygen atoms in total. The Morgan fingerprint density at radius 2 is 1.96 bits per heavy atom. The van der Waals surface area contributed by atoms with Gasteiger partial charge in [0.25, 0.3) is 11.6 Å². The summed E-state index contributed by atoms with van der Waals surface area (Å²) in [4.78, 5) is 24.0. The molecule has 0 unspecified atom stereocenters. The minimum absolute atomic E-state index is 0.0212. The third-order valence-electron chi connectivity index (χ3n) is 3.59. The number of rotatable bonds is 6. The second-order valence-corrected chi connectivity index (χ2v) is 5.94. The van der Waals surface area contributed by atoms with Crippen LogP contribution in [-0.4, -0.2) is 24.2 Å². The second-order valence-electron chi connectivity index (χ2n) is 5.09. The lowest BCUT2D eigenvalue weighted by Gasteiger charge is -2.15. The van der Waals surface area contributed by atoms with Crippen molar-refractivity contribution in [2.75, 3.05) is 13.4 Å². The van der Waals surface area contributed by atoms with Crippen LogP contribution >= 0.6 is 11.8 Å². The average molecular weight is 346 g/mol. The van der Waals surface area contributed by atoms with E-state index in [0.717, 1.165) is 5.56 Å². The molecular formula is C17H18N2O4S. The number of nitro benzene ring substituents is 1. The van der Waals surface area contributed by atoms with Gasteiger partial charge < -0.3 is 10.1 Å². The molecule has 0 aliphatic rings. The van der Waals surface area contributed by atoms with Gasteiger partial charge in [-0.2, -0.15) is 0 Å². The summed E-state index contributed by atoms with van der Waals surface area (Å²) < 4.78 is 5.16. The lowest BCUT2D eigenvalue weighted by molar-refractivity contribution is -0.385. The van der Waals surface area contributed by atoms with Gasteiger partial charge in [0, 0.05) is 0 Å². The first-order chi connectivity index (χ1) is 11.5. The van der Waals surface area contributed by atoms with E-state index in [9.17, 15) is 14.9 Å². The summed E-state index contributed by atoms with van der Waals surface area (Å²) >= 11 is 1.36. The van der Waals surface area contributed by atoms with Crippen LogP contribution < -0.4 is 10.1 Å². The van der Waals surface area contributed by atoms with Crippen molar-refractivity contribution in [3.8, 4) is 5.75 Å². The van der Waals surface area contributed by atoms with Gasteiger partial charge in [0.15, 0.2) is 0 Å². The molecule has 2 rings (SSSR count). The van der Waals surface area contributed by atoms with Crippen molar-refractivity contribution in [3.05, 3.63) is 63.7 Å². The summed E-state index contributed by atoms with van der Waals surface area (Å²) in [5.74, 6) is -0.113. The normalized spacial score (nSPS) is 11.6. The Morgan fingerprint density at radius 3 is 2.50 bits per heavy atom. The van der Waals surface area contributed by atoms with Crippen molar-refractivity contribution in [1.29, 1.82) is 0 Å². The molecule has 126 valence electrons. The maximum atomic E-state index is 12.6. The minimum Gasteiger partial charge on any atom is -0.495 e. The number of methoxy groups -OCH3 is 1. The highest BCUT2D eigenvalue weighted by Crippen LogP contribution is 2.34. The van der Waals surface area contributed by atoms with Crippen LogP contribution in [0.15, 0.2) is 47.4 Å². The smallest absolute Gasteiger partial charge is 0.285 e. The molecule has 1 atom stereocenters. The van der Waals surface area contributed by atoms with E-state index in [4.69, 9.17) is 4.74 Å². The maximum absolute atomic E-state index is 12.6. The number of nitrogens with one attached hydrogen (secondary N) is 1. The first-order valence-corrected chi connectivity index (χ1v) is 8.46. The fourth-order valence-corrected chi connectivity index (χ4v) is 2.88. The van der Waals surface area contributed by atoms with E-state index in [1.54, 1.807) is 0 Å². The third kappa shape index (κ3) is 3.86. The molecule has 1 amide bonds. The van der Waals surface area contributed by atoms with Crippen LogP contribution in [0.5, 0.6) is 5.75 Å². The molecule has 0 heterocycles. The quantitative estimate of drug-likeness (QED) is 0.488. The monoisotopic (exact) mass is 346 g/mol. The lowest BCUT2D eigenvalue weighted by Crippen LogP contribution is -2.27. The number of thioether (sulfide) groups is 1. The van der Waals surface area contributed by atoms with Gasteiger partial charge in [0.2, 0.25) is 0 Å². The number of hydrogen-bond donors (Lipinski definition) is 1. The van der Waals surface area contributed by atoms with E-state index >= 15 is 0 Å². The van der Waals surface area contributed by atoms with Crippen LogP contribution in [0.3, 0.4) is 0 Å². The Balaban J connectivity index is 2.35. The number of nitrogens with zero attached hydrogens (tertiary/aromatic N) is 1. The molecule has 0 bridgehead atoms. The molecule has 1 N–H and O–H groups in total. The standard InChI is InChI=1S/C17H18N2O4S/c1-11(12-7-5-4-6-8-12)18-17(20)13-9-16(24-3)15(23-2)10-14(13)19(21)22/h4-11H,1-3H3,(H,18,20)/t11-/m0/s1. The number of benzene rings is 2. The molecule has 0 saturated carbocycles. The maximum Gasteiger partial charge on any atom is 0.285 e. The van der Waals surface area contributed by atoms with E-state index in [2.05, 4.69) is 5.32 Å². The van der Waals surface area contributed by atoms with Crippen molar-refractivity contribution < 1.29 is 14.5 Å². The number of hydrogen-bond acceptors (Lipinski definition) is 5. The molecule has 0 aromatic heterocycles. The summed E-state index contributed by atoms with van der Waals surface area (Å²) in [5, 5.41) is 14.1. The largest absolute Gasteiger partial charge is 0.495 e. The molecule has 24 heavy (non-hydrogen) atoms. The Kier molecular flexibility index (Phi) is 5.81. The second kappa shape index (κ2) is 7.83. The minimum atomic E-state index is -0.575. The zero-order valence-corrected chi connectivity index (χ0v) is 14.4. The molecular weight excluding hydrogens is 328 g/mol. The molecule has 2 aromatic rings. The number of carbonyl (C=O) groups excluding carboxylic acids is 1. The van der Waals surface area contributed by atoms with Crippen LogP contribution in [0.2, 0.25) is 0 Å². The summed E-state index contributed by atoms with van der Waals surface area (Å²) in [6, 6.07) is 11.9. The predicted octanol–water partition coefficient (Wildman–Crippen LogP) is 3.82. The van der Waals surface area contributed by atoms with Crippen LogP contribution in [0.1, 0.15) is 28.9 Å². The van der Waals surface area contributed by atoms with Gasteiger partial charge in [-0.3, -0.25) is 14.9 Å². The SMILES string of the molecule is COc1cc([N+](=O)[O-])c(C(=O)N[C@@H](C)c2ccccc2)cc1SC. The highest BCUT2D eigenvalue weighted by atomic mass is 32.2. The molecule has 7 heteroatoms. The third-order valence-corrected chi connectivity index (χ3v) is 4.35. The molecule has 0 fully saturated rings. The van der Waals surface area contributed by atoms with Crippen LogP contribution in [0.25, 0.3) is 0 Å². The molecule has 0 spiro atoms. The first kappa shape index (κ1) is 17.8. The Morgan fingerprint density at radius 1 is 1.29 bits per heavy atom. The van der Waals surface area contributed by atoms with Crippen LogP contribution in [0, 0.1) is 10.1 Å². The Bertz CT molecular complexity index is 750. The number of ether oxygens (including phenoxy) is 1. The summed E-state index contributed by atoms with van der Waals surface area (Å²) in [6.45, 7) is 1.83. The Hall–Kier alpha value is -2.54. The Labute approximate surface area is 144 Å². The highest BCUT2D eigenvalue weighted by molar-refractivity contribution is 7.98. The van der Waals surface area contributed by atoms with Crippen molar-refractivity contribution in [2.45, 2.75) is 17.9 Å². The van der Waals surface area contributed by atoms with E-state index in [-0.39, 0.29) is 17.3 Å². The number of nitro groups is 1. The highest BCUT2D eigenvalue weighted by Gasteiger charge is 2.24. The molecule has 0 aliphatic carbocycles. The van der Waals surface area contributed by atoms with Gasteiger partial charge in [0.05, 0.1) is 29.0 Å². The predicted molar refractivity (Wildman–Crippen MR) is 93.8 cm³/mol. The van der Waals surface area contributed by atoms with Gasteiger partial charge in [-0.05, 0) is 24.8 Å². The number of carbonyl (C=O) groups is 1. The topological polar surface area (TPSA) is 81.5 Å². The summed E-state index contributed by atoms with van der Waals surface area (Å²) in [6.07, 6.45) is 1.82. The molecule has 2 aromatic carbocycles. The van der Waals surface area contributed by atoms with Gasteiger partial charge in [-0.25, -0.2) is 0 Å². The van der Waals surface area contributed by atoms with Gasteiger partial charge in [-0.15, -0.1) is 11.8 Å². The van der Waals surface area contributed by atoms with Crippen molar-refractivity contribution in [1.82, 2.24) is 5.32 Å². The fraction of sp³-hybridized carbons (Fsp3) is 0.235. The molecule has 0 saturated heterocycles. The van der Waals surface area contributed by atoms with E-state index in [0.29, 0.717) is 10.6 Å². The van der Waals surface area contributed by atoms with E-state index < -0.39 is 10.8 Å². The average Bonchev–Trinajstić information content (AvgIpc) is 2.60. The van der Waals surface area contributed by atoms with Crippen molar-refractivity contribution in [3.63, 3.8) is 0 Å². The van der Waals surface area contributed by atoms with Crippen molar-refractivity contribution in [2.24, 2.45) is 0 Å². The van der Waals surface area contributed by atoms with Gasteiger partial charge in [-0.1, -0.05) is 30.3 Å². The summed E-state index contributed by atoms with van der Waals surface area (Å²) in [7, 11) is 1.44. The zero-order chi connectivity index (χ0) is 17.7. The van der Waals surface area contributed by atoms with Crippen LogP contribution in [0.4, 0.5) is 5.69 Å². The molecule has 0 radical (unpaired) electrons. The molecule has 0 aliphatic heterocycles. The first-order valence-electron chi connectivity index (χ1n) is 7.24. The zero-order valence-electron chi connectivity index (χ0n) is 13.6. The lowest BCUT2D eigenvalue weighted by atomic mass is 10.1. The van der Waals surface area contributed by atoms with Gasteiger partial charge >= 0.3 is 0 Å². The van der Waals surface area contributed by atoms with E-state index in [1.807, 2.05) is 43.5 Å². The summed E-state index contributed by atoms with van der Waals surface area (Å²) in [5.41, 5.74) is 0.669. The van der Waals surface area contributed by atoms with Gasteiger partial charge in [0.1, 0.15) is 11.3 Å². The fourth-order valence-electron chi connectivity index (χ4n) is 2.30.